The predicted molar refractivity (Wildman–Crippen MR) is 112 cm³/mol. The third kappa shape index (κ3) is 5.01. The average Bonchev–Trinajstić information content (AvgIpc) is 2.61. The molecule has 3 saturated heterocycles. The lowest BCUT2D eigenvalue weighted by molar-refractivity contribution is 0.00574. The second-order valence-corrected chi connectivity index (χ2v) is 10.9. The molecule has 0 spiro atoms. The van der Waals surface area contributed by atoms with E-state index in [1.807, 2.05) is 0 Å². The quantitative estimate of drug-likeness (QED) is 0.746. The standard InChI is InChI=1S/C22H44N4/c1-21(2,3)25-13-9-20(10-14-25)23-11-7-19(8-12-23)24-15-17-26(18-16-24)22(4,5)6/h19-20H,7-18H2,1-6H3. The highest BCUT2D eigenvalue weighted by Crippen LogP contribution is 2.27. The van der Waals surface area contributed by atoms with Crippen LogP contribution in [0.1, 0.15) is 67.2 Å². The molecule has 3 aliphatic heterocycles. The van der Waals surface area contributed by atoms with Crippen LogP contribution in [0.15, 0.2) is 0 Å². The third-order valence-corrected chi connectivity index (χ3v) is 7.21. The van der Waals surface area contributed by atoms with Crippen molar-refractivity contribution in [2.45, 2.75) is 90.4 Å². The van der Waals surface area contributed by atoms with E-state index in [0.717, 1.165) is 12.1 Å². The van der Waals surface area contributed by atoms with E-state index in [1.165, 1.54) is 78.0 Å². The van der Waals surface area contributed by atoms with E-state index in [9.17, 15) is 0 Å². The molecule has 3 rings (SSSR count). The lowest BCUT2D eigenvalue weighted by Crippen LogP contribution is -2.58. The van der Waals surface area contributed by atoms with Gasteiger partial charge in [0.25, 0.3) is 0 Å². The van der Waals surface area contributed by atoms with Gasteiger partial charge in [-0.15, -0.1) is 0 Å². The molecular formula is C22H44N4. The molecular weight excluding hydrogens is 320 g/mol. The number of rotatable bonds is 2. The molecule has 152 valence electrons. The van der Waals surface area contributed by atoms with Crippen LogP contribution in [0.3, 0.4) is 0 Å². The highest BCUT2D eigenvalue weighted by atomic mass is 15.3. The topological polar surface area (TPSA) is 13.0 Å². The summed E-state index contributed by atoms with van der Waals surface area (Å²) >= 11 is 0. The first-order chi connectivity index (χ1) is 12.1. The van der Waals surface area contributed by atoms with Crippen LogP contribution in [0.4, 0.5) is 0 Å². The molecule has 3 heterocycles. The Labute approximate surface area is 162 Å². The molecule has 3 aliphatic rings. The van der Waals surface area contributed by atoms with Crippen molar-refractivity contribution in [3.05, 3.63) is 0 Å². The molecule has 0 N–H and O–H groups in total. The molecule has 0 atom stereocenters. The molecule has 0 unspecified atom stereocenters. The van der Waals surface area contributed by atoms with Crippen molar-refractivity contribution in [2.75, 3.05) is 52.4 Å². The molecule has 4 heteroatoms. The number of likely N-dealkylation sites (tertiary alicyclic amines) is 2. The summed E-state index contributed by atoms with van der Waals surface area (Å²) in [4.78, 5) is 10.9. The van der Waals surface area contributed by atoms with E-state index in [0.29, 0.717) is 11.1 Å². The summed E-state index contributed by atoms with van der Waals surface area (Å²) in [6.45, 7) is 24.4. The van der Waals surface area contributed by atoms with Crippen molar-refractivity contribution in [1.82, 2.24) is 19.6 Å². The third-order valence-electron chi connectivity index (χ3n) is 7.21. The zero-order chi connectivity index (χ0) is 18.9. The van der Waals surface area contributed by atoms with Gasteiger partial charge in [-0.3, -0.25) is 14.7 Å². The van der Waals surface area contributed by atoms with Gasteiger partial charge in [-0.05, 0) is 80.3 Å². The highest BCUT2D eigenvalue weighted by molar-refractivity contribution is 4.90. The van der Waals surface area contributed by atoms with Gasteiger partial charge < -0.3 is 4.90 Å². The van der Waals surface area contributed by atoms with Crippen molar-refractivity contribution in [3.63, 3.8) is 0 Å². The fourth-order valence-electron chi connectivity index (χ4n) is 5.28. The first kappa shape index (κ1) is 20.6. The van der Waals surface area contributed by atoms with Gasteiger partial charge in [0, 0.05) is 62.4 Å². The van der Waals surface area contributed by atoms with Gasteiger partial charge in [0.05, 0.1) is 0 Å². The minimum atomic E-state index is 0.331. The molecule has 3 fully saturated rings. The first-order valence-electron chi connectivity index (χ1n) is 11.1. The molecule has 0 aromatic carbocycles. The van der Waals surface area contributed by atoms with E-state index >= 15 is 0 Å². The number of piperidine rings is 2. The Morgan fingerprint density at radius 1 is 0.462 bits per heavy atom. The van der Waals surface area contributed by atoms with Gasteiger partial charge in [0.15, 0.2) is 0 Å². The summed E-state index contributed by atoms with van der Waals surface area (Å²) in [5.41, 5.74) is 0.671. The van der Waals surface area contributed by atoms with E-state index in [4.69, 9.17) is 0 Å². The lowest BCUT2D eigenvalue weighted by Gasteiger charge is -2.48. The van der Waals surface area contributed by atoms with Gasteiger partial charge in [-0.25, -0.2) is 0 Å². The monoisotopic (exact) mass is 364 g/mol. The maximum Gasteiger partial charge on any atom is 0.0126 e. The van der Waals surface area contributed by atoms with E-state index in [1.54, 1.807) is 0 Å². The largest absolute Gasteiger partial charge is 0.300 e. The van der Waals surface area contributed by atoms with Gasteiger partial charge in [-0.2, -0.15) is 0 Å². The molecule has 0 aromatic rings. The van der Waals surface area contributed by atoms with Crippen molar-refractivity contribution >= 4 is 0 Å². The van der Waals surface area contributed by atoms with Crippen LogP contribution >= 0.6 is 0 Å². The zero-order valence-corrected chi connectivity index (χ0v) is 18.4. The summed E-state index contributed by atoms with van der Waals surface area (Å²) in [7, 11) is 0. The van der Waals surface area contributed by atoms with Crippen LogP contribution in [0.25, 0.3) is 0 Å². The number of piperazine rings is 1. The summed E-state index contributed by atoms with van der Waals surface area (Å²) < 4.78 is 0. The molecule has 26 heavy (non-hydrogen) atoms. The Morgan fingerprint density at radius 3 is 1.23 bits per heavy atom. The summed E-state index contributed by atoms with van der Waals surface area (Å²) in [5.74, 6) is 0. The van der Waals surface area contributed by atoms with Gasteiger partial charge in [-0.1, -0.05) is 0 Å². The number of hydrogen-bond donors (Lipinski definition) is 0. The van der Waals surface area contributed by atoms with Crippen molar-refractivity contribution in [3.8, 4) is 0 Å². The van der Waals surface area contributed by atoms with Gasteiger partial charge >= 0.3 is 0 Å². The Balaban J connectivity index is 1.40. The zero-order valence-electron chi connectivity index (χ0n) is 18.4. The van der Waals surface area contributed by atoms with E-state index in [2.05, 4.69) is 61.1 Å². The smallest absolute Gasteiger partial charge is 0.0126 e. The molecule has 0 saturated carbocycles. The average molecular weight is 365 g/mol. The molecule has 4 nitrogen and oxygen atoms in total. The normalized spacial score (nSPS) is 27.9. The van der Waals surface area contributed by atoms with Crippen LogP contribution in [0.5, 0.6) is 0 Å². The van der Waals surface area contributed by atoms with E-state index < -0.39 is 0 Å². The van der Waals surface area contributed by atoms with Crippen molar-refractivity contribution in [2.24, 2.45) is 0 Å². The van der Waals surface area contributed by atoms with Gasteiger partial charge in [0.1, 0.15) is 0 Å². The van der Waals surface area contributed by atoms with Crippen molar-refractivity contribution < 1.29 is 0 Å². The van der Waals surface area contributed by atoms with Crippen LogP contribution in [0.2, 0.25) is 0 Å². The van der Waals surface area contributed by atoms with Crippen LogP contribution in [-0.4, -0.2) is 95.1 Å². The Morgan fingerprint density at radius 2 is 0.808 bits per heavy atom. The Bertz CT molecular complexity index is 384. The number of nitrogens with zero attached hydrogens (tertiary/aromatic N) is 4. The Kier molecular flexibility index (Phi) is 6.38. The van der Waals surface area contributed by atoms with E-state index in [-0.39, 0.29) is 0 Å². The van der Waals surface area contributed by atoms with Gasteiger partial charge in [0.2, 0.25) is 0 Å². The predicted octanol–water partition coefficient (Wildman–Crippen LogP) is 3.13. The highest BCUT2D eigenvalue weighted by Gasteiger charge is 2.34. The fourth-order valence-corrected chi connectivity index (χ4v) is 5.28. The Hall–Kier alpha value is -0.160. The summed E-state index contributed by atoms with van der Waals surface area (Å²) in [6, 6.07) is 1.68. The summed E-state index contributed by atoms with van der Waals surface area (Å²) in [6.07, 6.45) is 5.50. The SMILES string of the molecule is CC(C)(C)N1CCC(N2CCC(N3CCN(C(C)(C)C)CC3)CC2)CC1. The minimum absolute atomic E-state index is 0.331. The maximum atomic E-state index is 2.82. The maximum absolute atomic E-state index is 2.82. The van der Waals surface area contributed by atoms with Crippen LogP contribution in [-0.2, 0) is 0 Å². The summed E-state index contributed by atoms with van der Waals surface area (Å²) in [5, 5.41) is 0. The fraction of sp³-hybridized carbons (Fsp3) is 1.00. The second-order valence-electron chi connectivity index (χ2n) is 10.9. The lowest BCUT2D eigenvalue weighted by atomic mass is 9.94. The molecule has 0 bridgehead atoms. The van der Waals surface area contributed by atoms with Crippen LogP contribution < -0.4 is 0 Å². The molecule has 0 aromatic heterocycles. The number of hydrogen-bond acceptors (Lipinski definition) is 4. The first-order valence-corrected chi connectivity index (χ1v) is 11.1. The van der Waals surface area contributed by atoms with Crippen LogP contribution in [0, 0.1) is 0 Å². The molecule has 0 aliphatic carbocycles. The van der Waals surface area contributed by atoms with Crippen molar-refractivity contribution in [1.29, 1.82) is 0 Å². The molecule has 0 amide bonds. The second kappa shape index (κ2) is 8.06. The molecule has 0 radical (unpaired) electrons. The minimum Gasteiger partial charge on any atom is -0.300 e.